The number of hydrogen-bond donors (Lipinski definition) is 0. The summed E-state index contributed by atoms with van der Waals surface area (Å²) in [6.07, 6.45) is 5.01. The Bertz CT molecular complexity index is 571. The molecule has 4 nitrogen and oxygen atoms in total. The molecule has 1 aliphatic heterocycles. The number of amides is 1. The third-order valence-corrected chi connectivity index (χ3v) is 3.61. The zero-order chi connectivity index (χ0) is 13.8. The first kappa shape index (κ1) is 12.8. The highest BCUT2D eigenvalue weighted by molar-refractivity contribution is 5.78. The Kier molecular flexibility index (Phi) is 3.72. The molecule has 20 heavy (non-hydrogen) atoms. The molecule has 1 aliphatic rings. The van der Waals surface area contributed by atoms with Crippen LogP contribution in [0.25, 0.3) is 0 Å². The van der Waals surface area contributed by atoms with Crippen molar-refractivity contribution < 1.29 is 4.79 Å². The Morgan fingerprint density at radius 1 is 1.10 bits per heavy atom. The minimum absolute atomic E-state index is 0.207. The second-order valence-electron chi connectivity index (χ2n) is 5.20. The van der Waals surface area contributed by atoms with E-state index < -0.39 is 0 Å². The van der Waals surface area contributed by atoms with Gasteiger partial charge in [0.1, 0.15) is 5.82 Å². The van der Waals surface area contributed by atoms with Crippen LogP contribution >= 0.6 is 0 Å². The summed E-state index contributed by atoms with van der Waals surface area (Å²) >= 11 is 0. The van der Waals surface area contributed by atoms with E-state index >= 15 is 0 Å². The fourth-order valence-electron chi connectivity index (χ4n) is 2.67. The van der Waals surface area contributed by atoms with Gasteiger partial charge in [0.25, 0.3) is 0 Å². The van der Waals surface area contributed by atoms with Crippen molar-refractivity contribution in [2.45, 2.75) is 19.4 Å². The zero-order valence-electron chi connectivity index (χ0n) is 11.3. The smallest absolute Gasteiger partial charge is 0.223 e. The standard InChI is InChI=1S/C16H17N3O/c20-16-10-14(9-13-5-2-1-3-6-13)11-19(16)12-15-17-7-4-8-18-15/h1-8,14H,9-12H2/t14-/m0/s1. The van der Waals surface area contributed by atoms with Crippen molar-refractivity contribution in [3.63, 3.8) is 0 Å². The molecule has 1 atom stereocenters. The van der Waals surface area contributed by atoms with E-state index in [-0.39, 0.29) is 5.91 Å². The molecule has 3 rings (SSSR count). The second kappa shape index (κ2) is 5.82. The van der Waals surface area contributed by atoms with Crippen molar-refractivity contribution in [1.82, 2.24) is 14.9 Å². The number of likely N-dealkylation sites (tertiary alicyclic amines) is 1. The summed E-state index contributed by atoms with van der Waals surface area (Å²) in [6.45, 7) is 1.32. The fraction of sp³-hybridized carbons (Fsp3) is 0.312. The highest BCUT2D eigenvalue weighted by Gasteiger charge is 2.29. The first-order valence-electron chi connectivity index (χ1n) is 6.89. The molecular weight excluding hydrogens is 250 g/mol. The van der Waals surface area contributed by atoms with Crippen LogP contribution in [0.4, 0.5) is 0 Å². The Morgan fingerprint density at radius 2 is 1.85 bits per heavy atom. The maximum atomic E-state index is 12.0. The van der Waals surface area contributed by atoms with Gasteiger partial charge in [-0.05, 0) is 24.0 Å². The van der Waals surface area contributed by atoms with Crippen LogP contribution in [-0.2, 0) is 17.8 Å². The van der Waals surface area contributed by atoms with Gasteiger partial charge in [0.2, 0.25) is 5.91 Å². The van der Waals surface area contributed by atoms with E-state index in [2.05, 4.69) is 22.1 Å². The molecule has 2 aromatic rings. The Balaban J connectivity index is 1.61. The third kappa shape index (κ3) is 3.02. The van der Waals surface area contributed by atoms with E-state index in [1.54, 1.807) is 18.5 Å². The van der Waals surface area contributed by atoms with E-state index in [9.17, 15) is 4.79 Å². The van der Waals surface area contributed by atoms with Gasteiger partial charge in [0.15, 0.2) is 0 Å². The molecule has 0 bridgehead atoms. The molecule has 1 aromatic carbocycles. The molecule has 0 N–H and O–H groups in total. The first-order valence-corrected chi connectivity index (χ1v) is 6.89. The van der Waals surface area contributed by atoms with Crippen LogP contribution in [0.2, 0.25) is 0 Å². The molecule has 1 fully saturated rings. The molecule has 0 unspecified atom stereocenters. The lowest BCUT2D eigenvalue weighted by molar-refractivity contribution is -0.128. The normalized spacial score (nSPS) is 18.5. The first-order chi connectivity index (χ1) is 9.81. The molecule has 0 aliphatic carbocycles. The molecule has 0 radical (unpaired) electrons. The largest absolute Gasteiger partial charge is 0.335 e. The van der Waals surface area contributed by atoms with Gasteiger partial charge < -0.3 is 4.90 Å². The molecule has 1 amide bonds. The Hall–Kier alpha value is -2.23. The molecule has 0 spiro atoms. The molecule has 1 saturated heterocycles. The summed E-state index contributed by atoms with van der Waals surface area (Å²) in [5, 5.41) is 0. The van der Waals surface area contributed by atoms with Gasteiger partial charge in [-0.25, -0.2) is 9.97 Å². The van der Waals surface area contributed by atoms with Gasteiger partial charge in [0, 0.05) is 25.4 Å². The van der Waals surface area contributed by atoms with E-state index in [1.165, 1.54) is 5.56 Å². The number of carbonyl (C=O) groups is 1. The van der Waals surface area contributed by atoms with Crippen molar-refractivity contribution in [3.8, 4) is 0 Å². The van der Waals surface area contributed by atoms with E-state index in [0.29, 0.717) is 24.7 Å². The second-order valence-corrected chi connectivity index (χ2v) is 5.20. The molecule has 0 saturated carbocycles. The maximum Gasteiger partial charge on any atom is 0.223 e. The highest BCUT2D eigenvalue weighted by Crippen LogP contribution is 2.22. The van der Waals surface area contributed by atoms with Crippen molar-refractivity contribution in [2.75, 3.05) is 6.54 Å². The quantitative estimate of drug-likeness (QED) is 0.852. The van der Waals surface area contributed by atoms with Crippen LogP contribution in [0.15, 0.2) is 48.8 Å². The predicted molar refractivity (Wildman–Crippen MR) is 75.7 cm³/mol. The lowest BCUT2D eigenvalue weighted by Gasteiger charge is -2.15. The summed E-state index contributed by atoms with van der Waals surface area (Å²) in [7, 11) is 0. The third-order valence-electron chi connectivity index (χ3n) is 3.61. The summed E-state index contributed by atoms with van der Waals surface area (Å²) in [5.41, 5.74) is 1.29. The van der Waals surface area contributed by atoms with Crippen LogP contribution in [0, 0.1) is 5.92 Å². The lowest BCUT2D eigenvalue weighted by atomic mass is 9.99. The molecule has 4 heteroatoms. The molecule has 102 valence electrons. The average Bonchev–Trinajstić information content (AvgIpc) is 2.81. The number of hydrogen-bond acceptors (Lipinski definition) is 3. The van der Waals surface area contributed by atoms with Gasteiger partial charge in [0.05, 0.1) is 6.54 Å². The van der Waals surface area contributed by atoms with Gasteiger partial charge in [-0.3, -0.25) is 4.79 Å². The van der Waals surface area contributed by atoms with Crippen LogP contribution in [0.5, 0.6) is 0 Å². The topological polar surface area (TPSA) is 46.1 Å². The van der Waals surface area contributed by atoms with Crippen LogP contribution < -0.4 is 0 Å². The van der Waals surface area contributed by atoms with Crippen LogP contribution in [0.3, 0.4) is 0 Å². The molecule has 2 heterocycles. The fourth-order valence-corrected chi connectivity index (χ4v) is 2.67. The molecule has 1 aromatic heterocycles. The van der Waals surface area contributed by atoms with Gasteiger partial charge >= 0.3 is 0 Å². The lowest BCUT2D eigenvalue weighted by Crippen LogP contribution is -2.25. The van der Waals surface area contributed by atoms with E-state index in [4.69, 9.17) is 0 Å². The highest BCUT2D eigenvalue weighted by atomic mass is 16.2. The number of benzene rings is 1. The summed E-state index contributed by atoms with van der Waals surface area (Å²) < 4.78 is 0. The number of aromatic nitrogens is 2. The van der Waals surface area contributed by atoms with Crippen LogP contribution in [-0.4, -0.2) is 27.3 Å². The predicted octanol–water partition coefficient (Wildman–Crippen LogP) is 2.07. The Labute approximate surface area is 118 Å². The number of nitrogens with zero attached hydrogens (tertiary/aromatic N) is 3. The average molecular weight is 267 g/mol. The SMILES string of the molecule is O=C1C[C@H](Cc2ccccc2)CN1Cc1ncccn1. The zero-order valence-corrected chi connectivity index (χ0v) is 11.3. The van der Waals surface area contributed by atoms with Crippen molar-refractivity contribution in [3.05, 3.63) is 60.2 Å². The van der Waals surface area contributed by atoms with Crippen LogP contribution in [0.1, 0.15) is 17.8 Å². The minimum Gasteiger partial charge on any atom is -0.335 e. The molecular formula is C16H17N3O. The monoisotopic (exact) mass is 267 g/mol. The number of carbonyl (C=O) groups excluding carboxylic acids is 1. The Morgan fingerprint density at radius 3 is 2.60 bits per heavy atom. The summed E-state index contributed by atoms with van der Waals surface area (Å²) in [6, 6.07) is 12.1. The van der Waals surface area contributed by atoms with Crippen molar-refractivity contribution in [1.29, 1.82) is 0 Å². The van der Waals surface area contributed by atoms with E-state index in [1.807, 2.05) is 23.1 Å². The summed E-state index contributed by atoms with van der Waals surface area (Å²) in [5.74, 6) is 1.31. The van der Waals surface area contributed by atoms with E-state index in [0.717, 1.165) is 13.0 Å². The summed E-state index contributed by atoms with van der Waals surface area (Å²) in [4.78, 5) is 22.3. The van der Waals surface area contributed by atoms with Gasteiger partial charge in [-0.2, -0.15) is 0 Å². The van der Waals surface area contributed by atoms with Gasteiger partial charge in [-0.15, -0.1) is 0 Å². The number of rotatable bonds is 4. The van der Waals surface area contributed by atoms with Gasteiger partial charge in [-0.1, -0.05) is 30.3 Å². The van der Waals surface area contributed by atoms with Crippen molar-refractivity contribution in [2.24, 2.45) is 5.92 Å². The minimum atomic E-state index is 0.207. The maximum absolute atomic E-state index is 12.0. The van der Waals surface area contributed by atoms with Crippen molar-refractivity contribution >= 4 is 5.91 Å².